The van der Waals surface area contributed by atoms with Gasteiger partial charge in [-0.3, -0.25) is 4.57 Å². The first kappa shape index (κ1) is 23.1. The molecule has 6 rings (SSSR count). The number of fused-ring (bicyclic) bond motifs is 2. The maximum absolute atomic E-state index is 13.7. The van der Waals surface area contributed by atoms with Crippen LogP contribution < -0.4 is 5.32 Å². The fourth-order valence-corrected chi connectivity index (χ4v) is 4.45. The van der Waals surface area contributed by atoms with E-state index in [4.69, 9.17) is 0 Å². The summed E-state index contributed by atoms with van der Waals surface area (Å²) in [6.45, 7) is 2.68. The molecule has 0 aliphatic carbocycles. The highest BCUT2D eigenvalue weighted by Gasteiger charge is 2.40. The molecule has 12 heteroatoms. The first-order chi connectivity index (χ1) is 17.8. The molecule has 1 aromatic carbocycles. The highest BCUT2D eigenvalue weighted by Crippen LogP contribution is 2.35. The van der Waals surface area contributed by atoms with E-state index in [2.05, 4.69) is 36.6 Å². The summed E-state index contributed by atoms with van der Waals surface area (Å²) in [5.41, 5.74) is 2.93. The van der Waals surface area contributed by atoms with Gasteiger partial charge in [-0.15, -0.1) is 5.10 Å². The van der Waals surface area contributed by atoms with Gasteiger partial charge in [0.15, 0.2) is 17.3 Å². The maximum Gasteiger partial charge on any atom is 0.435 e. The number of benzene rings is 1. The molecule has 0 bridgehead atoms. The molecule has 187 valence electrons. The normalized spacial score (nSPS) is 14.2. The minimum Gasteiger partial charge on any atom is -0.339 e. The molecule has 5 aromatic rings. The van der Waals surface area contributed by atoms with E-state index in [1.165, 1.54) is 4.68 Å². The first-order valence-electron chi connectivity index (χ1n) is 11.6. The number of hydrogen-bond acceptors (Lipinski definition) is 7. The van der Waals surface area contributed by atoms with Crippen molar-refractivity contribution in [3.63, 3.8) is 0 Å². The summed E-state index contributed by atoms with van der Waals surface area (Å²) < 4.78 is 44.3. The number of aryl methyl sites for hydroxylation is 1. The van der Waals surface area contributed by atoms with E-state index < -0.39 is 11.9 Å². The van der Waals surface area contributed by atoms with Gasteiger partial charge in [-0.05, 0) is 56.4 Å². The second-order valence-corrected chi connectivity index (χ2v) is 8.95. The Balaban J connectivity index is 1.36. The second kappa shape index (κ2) is 8.66. The van der Waals surface area contributed by atoms with Crippen LogP contribution in [-0.4, -0.2) is 53.0 Å². The zero-order chi connectivity index (χ0) is 25.7. The number of rotatable bonds is 4. The topological polar surface area (TPSA) is 89.6 Å². The number of likely N-dealkylation sites (N-methyl/N-ethyl adjacent to an activating group) is 1. The Bertz CT molecular complexity index is 1600. The zero-order valence-electron chi connectivity index (χ0n) is 20.0. The fraction of sp³-hybridized carbons (Fsp3) is 0.240. The summed E-state index contributed by atoms with van der Waals surface area (Å²) in [4.78, 5) is 10.9. The second-order valence-electron chi connectivity index (χ2n) is 8.95. The van der Waals surface area contributed by atoms with Gasteiger partial charge < -0.3 is 10.2 Å². The Hall–Kier alpha value is -4.32. The van der Waals surface area contributed by atoms with Crippen molar-refractivity contribution < 1.29 is 13.2 Å². The van der Waals surface area contributed by atoms with Crippen LogP contribution >= 0.6 is 0 Å². The van der Waals surface area contributed by atoms with E-state index in [9.17, 15) is 13.2 Å². The van der Waals surface area contributed by atoms with Gasteiger partial charge in [0.25, 0.3) is 0 Å². The lowest BCUT2D eigenvalue weighted by Gasteiger charge is -2.23. The number of aromatic nitrogens is 7. The van der Waals surface area contributed by atoms with Crippen LogP contribution in [0.4, 0.5) is 24.7 Å². The molecule has 1 radical (unpaired) electrons. The van der Waals surface area contributed by atoms with Crippen molar-refractivity contribution in [2.24, 2.45) is 0 Å². The number of alkyl halides is 3. The van der Waals surface area contributed by atoms with E-state index in [-0.39, 0.29) is 17.9 Å². The Kier molecular flexibility index (Phi) is 5.41. The highest BCUT2D eigenvalue weighted by molar-refractivity contribution is 5.81. The number of nitrogens with one attached hydrogen (secondary N) is 1. The van der Waals surface area contributed by atoms with Gasteiger partial charge in [0, 0.05) is 36.8 Å². The Morgan fingerprint density at radius 2 is 1.95 bits per heavy atom. The average Bonchev–Trinajstić information content (AvgIpc) is 3.47. The van der Waals surface area contributed by atoms with Crippen LogP contribution in [0.5, 0.6) is 0 Å². The molecule has 0 unspecified atom stereocenters. The smallest absolute Gasteiger partial charge is 0.339 e. The monoisotopic (exact) mass is 504 g/mol. The zero-order valence-corrected chi connectivity index (χ0v) is 20.0. The van der Waals surface area contributed by atoms with Gasteiger partial charge in [-0.1, -0.05) is 0 Å². The third-order valence-corrected chi connectivity index (χ3v) is 6.25. The van der Waals surface area contributed by atoms with Crippen molar-refractivity contribution in [1.29, 1.82) is 0 Å². The molecule has 37 heavy (non-hydrogen) atoms. The standard InChI is InChI=1S/C25H21F3N9/c1-15-6-9-21(33-32-15)30-16-7-8-20-18(12-16)29-14-36(20)22-4-3-5-23(31-22)37-19-10-11-35(2)13-17(19)24(34-37)25(26,27)28/h3-4,6-9,12,14H,10-11,13H2,1-2H3,(H,30,33). The molecule has 0 spiro atoms. The lowest BCUT2D eigenvalue weighted by atomic mass is 10.1. The van der Waals surface area contributed by atoms with Crippen LogP contribution in [0, 0.1) is 13.0 Å². The van der Waals surface area contributed by atoms with Crippen molar-refractivity contribution in [1.82, 2.24) is 39.4 Å². The molecule has 0 amide bonds. The summed E-state index contributed by atoms with van der Waals surface area (Å²) >= 11 is 0. The predicted octanol–water partition coefficient (Wildman–Crippen LogP) is 4.26. The van der Waals surface area contributed by atoms with Crippen molar-refractivity contribution in [3.05, 3.63) is 77.5 Å². The minimum absolute atomic E-state index is 0.181. The first-order valence-corrected chi connectivity index (χ1v) is 11.6. The number of halogens is 3. The fourth-order valence-electron chi connectivity index (χ4n) is 4.45. The molecule has 0 saturated heterocycles. The molecule has 0 saturated carbocycles. The van der Waals surface area contributed by atoms with E-state index >= 15 is 0 Å². The predicted molar refractivity (Wildman–Crippen MR) is 130 cm³/mol. The Morgan fingerprint density at radius 3 is 2.73 bits per heavy atom. The van der Waals surface area contributed by atoms with Gasteiger partial charge in [0.1, 0.15) is 12.1 Å². The molecular weight excluding hydrogens is 483 g/mol. The van der Waals surface area contributed by atoms with Crippen LogP contribution in [-0.2, 0) is 19.1 Å². The molecule has 9 nitrogen and oxygen atoms in total. The van der Waals surface area contributed by atoms with E-state index in [0.29, 0.717) is 35.8 Å². The molecule has 5 heterocycles. The quantitative estimate of drug-likeness (QED) is 0.391. The summed E-state index contributed by atoms with van der Waals surface area (Å²) in [5.74, 6) is 1.31. The molecular formula is C25H21F3N9. The number of anilines is 2. The Morgan fingerprint density at radius 1 is 1.08 bits per heavy atom. The molecule has 1 aliphatic rings. The van der Waals surface area contributed by atoms with E-state index in [1.807, 2.05) is 42.2 Å². The molecule has 1 N–H and O–H groups in total. The van der Waals surface area contributed by atoms with Gasteiger partial charge in [-0.2, -0.15) is 23.4 Å². The van der Waals surface area contributed by atoms with E-state index in [0.717, 1.165) is 16.9 Å². The van der Waals surface area contributed by atoms with Gasteiger partial charge in [0.2, 0.25) is 0 Å². The largest absolute Gasteiger partial charge is 0.435 e. The number of pyridine rings is 1. The lowest BCUT2D eigenvalue weighted by Crippen LogP contribution is -2.28. The summed E-state index contributed by atoms with van der Waals surface area (Å²) in [6.07, 6.45) is -2.49. The average molecular weight is 505 g/mol. The van der Waals surface area contributed by atoms with Crippen molar-refractivity contribution in [2.75, 3.05) is 18.9 Å². The van der Waals surface area contributed by atoms with Gasteiger partial charge in [-0.25, -0.2) is 14.6 Å². The van der Waals surface area contributed by atoms with Crippen LogP contribution in [0.15, 0.2) is 48.8 Å². The van der Waals surface area contributed by atoms with Gasteiger partial charge >= 0.3 is 6.18 Å². The number of hydrogen-bond donors (Lipinski definition) is 1. The molecule has 0 atom stereocenters. The lowest BCUT2D eigenvalue weighted by molar-refractivity contribution is -0.142. The highest BCUT2D eigenvalue weighted by atomic mass is 19.4. The van der Waals surface area contributed by atoms with Crippen molar-refractivity contribution in [3.8, 4) is 11.6 Å². The SMILES string of the molecule is Cc1ccc(Nc2ccc3c(c2)ncn3-c2cc[c]c(-n3nc(C(F)(F)F)c4c3CCN(C)C4)n2)nn1. The van der Waals surface area contributed by atoms with E-state index in [1.54, 1.807) is 30.1 Å². The van der Waals surface area contributed by atoms with Gasteiger partial charge in [0.05, 0.1) is 22.4 Å². The third-order valence-electron chi connectivity index (χ3n) is 6.25. The van der Waals surface area contributed by atoms with Crippen LogP contribution in [0.3, 0.4) is 0 Å². The van der Waals surface area contributed by atoms with Crippen molar-refractivity contribution >= 4 is 22.5 Å². The molecule has 1 aliphatic heterocycles. The minimum atomic E-state index is -4.55. The van der Waals surface area contributed by atoms with Crippen molar-refractivity contribution in [2.45, 2.75) is 26.1 Å². The number of nitrogens with zero attached hydrogens (tertiary/aromatic N) is 8. The molecule has 4 aromatic heterocycles. The van der Waals surface area contributed by atoms with Crippen LogP contribution in [0.2, 0.25) is 0 Å². The summed E-state index contributed by atoms with van der Waals surface area (Å²) in [6, 6.07) is 15.7. The molecule has 0 fully saturated rings. The summed E-state index contributed by atoms with van der Waals surface area (Å²) in [7, 11) is 1.80. The third kappa shape index (κ3) is 4.29. The number of imidazole rings is 1. The van der Waals surface area contributed by atoms with Crippen LogP contribution in [0.25, 0.3) is 22.7 Å². The summed E-state index contributed by atoms with van der Waals surface area (Å²) in [5, 5.41) is 15.3. The van der Waals surface area contributed by atoms with Crippen LogP contribution in [0.1, 0.15) is 22.6 Å². The Labute approximate surface area is 209 Å². The maximum atomic E-state index is 13.7.